The van der Waals surface area contributed by atoms with Crippen LogP contribution in [-0.2, 0) is 12.8 Å². The second-order valence-electron chi connectivity index (χ2n) is 5.98. The summed E-state index contributed by atoms with van der Waals surface area (Å²) < 4.78 is 0. The van der Waals surface area contributed by atoms with Gasteiger partial charge in [0.2, 0.25) is 0 Å². The number of likely N-dealkylation sites (N-methyl/N-ethyl adjacent to an activating group) is 1. The van der Waals surface area contributed by atoms with Crippen molar-refractivity contribution >= 4 is 5.82 Å². The van der Waals surface area contributed by atoms with Crippen LogP contribution in [-0.4, -0.2) is 36.1 Å². The minimum Gasteiger partial charge on any atom is -0.368 e. The number of nitrogens with zero attached hydrogens (tertiary/aromatic N) is 2. The normalized spacial score (nSPS) is 20.6. The number of rotatable bonds is 4. The molecule has 0 radical (unpaired) electrons. The van der Waals surface area contributed by atoms with Crippen molar-refractivity contribution in [1.29, 1.82) is 0 Å². The first-order chi connectivity index (χ1) is 8.70. The van der Waals surface area contributed by atoms with Gasteiger partial charge in [0.05, 0.1) is 0 Å². The van der Waals surface area contributed by atoms with Crippen molar-refractivity contribution in [2.45, 2.75) is 44.1 Å². The maximum Gasteiger partial charge on any atom is 0.126 e. The van der Waals surface area contributed by atoms with E-state index < -0.39 is 0 Å². The van der Waals surface area contributed by atoms with Crippen molar-refractivity contribution in [3.8, 4) is 0 Å². The fourth-order valence-electron chi connectivity index (χ4n) is 3.14. The molecule has 2 aliphatic rings. The number of nitrogens with one attached hydrogen (secondary N) is 1. The van der Waals surface area contributed by atoms with Gasteiger partial charge in [0.25, 0.3) is 0 Å². The fraction of sp³-hybridized carbons (Fsp3) is 0.667. The highest BCUT2D eigenvalue weighted by atomic mass is 15.2. The first kappa shape index (κ1) is 12.0. The number of aryl methyl sites for hydroxylation is 2. The summed E-state index contributed by atoms with van der Waals surface area (Å²) in [5, 5.41) is 3.55. The van der Waals surface area contributed by atoms with Gasteiger partial charge in [-0.15, -0.1) is 0 Å². The molecule has 1 aromatic rings. The summed E-state index contributed by atoms with van der Waals surface area (Å²) in [6, 6.07) is 4.40. The second kappa shape index (κ2) is 4.54. The minimum absolute atomic E-state index is 0.362. The van der Waals surface area contributed by atoms with Gasteiger partial charge in [0.1, 0.15) is 5.82 Å². The monoisotopic (exact) mass is 245 g/mol. The molecule has 18 heavy (non-hydrogen) atoms. The molecular formula is C15H23N3. The van der Waals surface area contributed by atoms with Gasteiger partial charge in [-0.3, -0.25) is 0 Å². The highest BCUT2D eigenvalue weighted by Gasteiger charge is 2.38. The number of hydrogen-bond acceptors (Lipinski definition) is 3. The van der Waals surface area contributed by atoms with E-state index in [1.165, 1.54) is 43.4 Å². The third-order valence-corrected chi connectivity index (χ3v) is 4.76. The summed E-state index contributed by atoms with van der Waals surface area (Å²) in [6.45, 7) is 1.02. The Hall–Kier alpha value is -1.09. The van der Waals surface area contributed by atoms with Crippen LogP contribution in [0.15, 0.2) is 12.1 Å². The van der Waals surface area contributed by atoms with Crippen molar-refractivity contribution in [2.24, 2.45) is 0 Å². The molecule has 0 saturated heterocycles. The number of hydrogen-bond donors (Lipinski definition) is 1. The lowest BCUT2D eigenvalue weighted by Crippen LogP contribution is -2.54. The molecule has 98 valence electrons. The van der Waals surface area contributed by atoms with Gasteiger partial charge in [-0.25, -0.2) is 4.98 Å². The van der Waals surface area contributed by atoms with Gasteiger partial charge < -0.3 is 10.2 Å². The molecule has 0 aliphatic heterocycles. The van der Waals surface area contributed by atoms with Crippen LogP contribution >= 0.6 is 0 Å². The van der Waals surface area contributed by atoms with E-state index in [4.69, 9.17) is 4.98 Å². The lowest BCUT2D eigenvalue weighted by atomic mass is 9.75. The van der Waals surface area contributed by atoms with Crippen LogP contribution in [0.4, 0.5) is 5.82 Å². The first-order valence-corrected chi connectivity index (χ1v) is 7.10. The van der Waals surface area contributed by atoms with E-state index in [2.05, 4.69) is 36.4 Å². The number of aromatic nitrogens is 1. The minimum atomic E-state index is 0.362. The van der Waals surface area contributed by atoms with E-state index >= 15 is 0 Å². The molecule has 3 heteroatoms. The Balaban J connectivity index is 1.66. The highest BCUT2D eigenvalue weighted by Crippen LogP contribution is 2.36. The van der Waals surface area contributed by atoms with Gasteiger partial charge in [0.15, 0.2) is 0 Å². The third kappa shape index (κ3) is 2.01. The molecule has 0 spiro atoms. The molecule has 1 N–H and O–H groups in total. The Morgan fingerprint density at radius 1 is 1.22 bits per heavy atom. The average Bonchev–Trinajstić information content (AvgIpc) is 2.74. The van der Waals surface area contributed by atoms with Crippen LogP contribution in [0.25, 0.3) is 0 Å². The molecular weight excluding hydrogens is 222 g/mol. The highest BCUT2D eigenvalue weighted by molar-refractivity contribution is 5.41. The number of anilines is 1. The molecule has 0 aromatic carbocycles. The predicted molar refractivity (Wildman–Crippen MR) is 75.0 cm³/mol. The maximum atomic E-state index is 4.74. The topological polar surface area (TPSA) is 28.2 Å². The molecule has 1 heterocycles. The Kier molecular flexibility index (Phi) is 3.02. The maximum absolute atomic E-state index is 4.74. The lowest BCUT2D eigenvalue weighted by Gasteiger charge is -2.47. The Morgan fingerprint density at radius 3 is 2.72 bits per heavy atom. The number of fused-ring (bicyclic) bond motifs is 1. The van der Waals surface area contributed by atoms with E-state index in [1.54, 1.807) is 0 Å². The first-order valence-electron chi connectivity index (χ1n) is 7.10. The molecule has 1 saturated carbocycles. The molecule has 3 rings (SSSR count). The molecule has 0 amide bonds. The molecule has 1 fully saturated rings. The van der Waals surface area contributed by atoms with Crippen LogP contribution in [0.3, 0.4) is 0 Å². The summed E-state index contributed by atoms with van der Waals surface area (Å²) in [6.07, 6.45) is 7.61. The van der Waals surface area contributed by atoms with Crippen LogP contribution < -0.4 is 5.32 Å². The zero-order valence-corrected chi connectivity index (χ0v) is 11.5. The molecule has 1 aromatic heterocycles. The second-order valence-corrected chi connectivity index (χ2v) is 5.98. The molecule has 2 aliphatic carbocycles. The lowest BCUT2D eigenvalue weighted by molar-refractivity contribution is 0.0738. The van der Waals surface area contributed by atoms with Crippen molar-refractivity contribution in [1.82, 2.24) is 9.88 Å². The van der Waals surface area contributed by atoms with Gasteiger partial charge in [-0.2, -0.15) is 0 Å². The Bertz CT molecular complexity index is 435. The smallest absolute Gasteiger partial charge is 0.126 e. The molecule has 0 atom stereocenters. The van der Waals surface area contributed by atoms with E-state index in [1.807, 2.05) is 0 Å². The molecule has 0 unspecified atom stereocenters. The van der Waals surface area contributed by atoms with Gasteiger partial charge in [-0.1, -0.05) is 6.07 Å². The van der Waals surface area contributed by atoms with Crippen molar-refractivity contribution in [3.63, 3.8) is 0 Å². The largest absolute Gasteiger partial charge is 0.368 e. The van der Waals surface area contributed by atoms with Crippen LogP contribution in [0.2, 0.25) is 0 Å². The zero-order valence-electron chi connectivity index (χ0n) is 11.5. The third-order valence-electron chi connectivity index (χ3n) is 4.76. The van der Waals surface area contributed by atoms with Gasteiger partial charge in [0, 0.05) is 17.8 Å². The summed E-state index contributed by atoms with van der Waals surface area (Å²) >= 11 is 0. The van der Waals surface area contributed by atoms with E-state index in [0.717, 1.165) is 18.8 Å². The molecule has 3 nitrogen and oxygen atoms in total. The Labute approximate surface area is 110 Å². The Morgan fingerprint density at radius 2 is 2.06 bits per heavy atom. The molecule has 0 bridgehead atoms. The standard InChI is InChI=1S/C15H23N3/c1-18(2)15(9-4-10-15)11-16-14-8-7-12-5-3-6-13(12)17-14/h7-8H,3-6,9-11H2,1-2H3,(H,16,17). The van der Waals surface area contributed by atoms with E-state index in [0.29, 0.717) is 5.54 Å². The van der Waals surface area contributed by atoms with Crippen molar-refractivity contribution in [2.75, 3.05) is 26.0 Å². The summed E-state index contributed by atoms with van der Waals surface area (Å²) in [5.74, 6) is 1.06. The predicted octanol–water partition coefficient (Wildman–Crippen LogP) is 2.47. The quantitative estimate of drug-likeness (QED) is 0.883. The van der Waals surface area contributed by atoms with Crippen LogP contribution in [0.1, 0.15) is 36.9 Å². The summed E-state index contributed by atoms with van der Waals surface area (Å²) in [4.78, 5) is 7.12. The summed E-state index contributed by atoms with van der Waals surface area (Å²) in [5.41, 5.74) is 3.12. The van der Waals surface area contributed by atoms with Gasteiger partial charge >= 0.3 is 0 Å². The summed E-state index contributed by atoms with van der Waals surface area (Å²) in [7, 11) is 4.38. The zero-order chi connectivity index (χ0) is 12.6. The van der Waals surface area contributed by atoms with Crippen molar-refractivity contribution in [3.05, 3.63) is 23.4 Å². The average molecular weight is 245 g/mol. The van der Waals surface area contributed by atoms with Gasteiger partial charge in [-0.05, 0) is 64.3 Å². The van der Waals surface area contributed by atoms with Crippen LogP contribution in [0.5, 0.6) is 0 Å². The van der Waals surface area contributed by atoms with E-state index in [-0.39, 0.29) is 0 Å². The van der Waals surface area contributed by atoms with Crippen molar-refractivity contribution < 1.29 is 0 Å². The van der Waals surface area contributed by atoms with E-state index in [9.17, 15) is 0 Å². The fourth-order valence-corrected chi connectivity index (χ4v) is 3.14. The van der Waals surface area contributed by atoms with Crippen LogP contribution in [0, 0.1) is 0 Å². The SMILES string of the molecule is CN(C)C1(CNc2ccc3c(n2)CCC3)CCC1. The number of pyridine rings is 1.